The smallest absolute Gasteiger partial charge is 0.229 e. The number of anilines is 2. The van der Waals surface area contributed by atoms with Crippen LogP contribution in [0.4, 0.5) is 11.5 Å². The quantitative estimate of drug-likeness (QED) is 0.490. The molecule has 0 bridgehead atoms. The number of Topliss-reactive ketones (excluding diaryl/α,β-unsaturated/α-hetero) is 1. The standard InChI is InChI=1S/C31H33N3O2/c1-22(2)31(36)26-9-6-17-34(18-16-26)28-14-15-29(32-21-28)33-30(35)20-24-10-12-25(13-11-24)27-8-5-4-7-23(3)19-27/h5,7-15,19,21-22H,6,16-18,20H2,1-3H3,(H,32,33,35). The third-order valence-corrected chi connectivity index (χ3v) is 6.37. The van der Waals surface area contributed by atoms with Crippen molar-refractivity contribution in [2.24, 2.45) is 5.92 Å². The molecular formula is C31H33N3O2. The molecule has 36 heavy (non-hydrogen) atoms. The van der Waals surface area contributed by atoms with Crippen LogP contribution in [0.3, 0.4) is 0 Å². The molecule has 5 heteroatoms. The average molecular weight is 480 g/mol. The van der Waals surface area contributed by atoms with Crippen molar-refractivity contribution < 1.29 is 9.59 Å². The molecule has 0 radical (unpaired) electrons. The van der Waals surface area contributed by atoms with Crippen LogP contribution in [0.2, 0.25) is 0 Å². The highest BCUT2D eigenvalue weighted by Crippen LogP contribution is 2.23. The normalized spacial score (nSPS) is 15.6. The van der Waals surface area contributed by atoms with Gasteiger partial charge in [-0.1, -0.05) is 50.3 Å². The van der Waals surface area contributed by atoms with Gasteiger partial charge < -0.3 is 10.2 Å². The van der Waals surface area contributed by atoms with Gasteiger partial charge in [-0.25, -0.2) is 4.98 Å². The van der Waals surface area contributed by atoms with Crippen LogP contribution >= 0.6 is 0 Å². The molecular weight excluding hydrogens is 446 g/mol. The lowest BCUT2D eigenvalue weighted by Gasteiger charge is -2.22. The molecule has 2 heterocycles. The van der Waals surface area contributed by atoms with Gasteiger partial charge in [-0.3, -0.25) is 9.59 Å². The predicted octanol–water partition coefficient (Wildman–Crippen LogP) is 6.07. The summed E-state index contributed by atoms with van der Waals surface area (Å²) in [6.07, 6.45) is 13.8. The molecule has 0 unspecified atom stereocenters. The number of ketones is 1. The third-order valence-electron chi connectivity index (χ3n) is 6.37. The zero-order valence-electron chi connectivity index (χ0n) is 21.3. The summed E-state index contributed by atoms with van der Waals surface area (Å²) < 4.78 is 0. The molecule has 1 amide bonds. The second-order valence-electron chi connectivity index (χ2n) is 9.59. The van der Waals surface area contributed by atoms with E-state index in [9.17, 15) is 9.59 Å². The minimum absolute atomic E-state index is 0.0283. The monoisotopic (exact) mass is 479 g/mol. The van der Waals surface area contributed by atoms with E-state index in [4.69, 9.17) is 0 Å². The summed E-state index contributed by atoms with van der Waals surface area (Å²) in [6.45, 7) is 7.57. The van der Waals surface area contributed by atoms with E-state index >= 15 is 0 Å². The summed E-state index contributed by atoms with van der Waals surface area (Å²) in [6, 6.07) is 11.9. The molecule has 1 N–H and O–H groups in total. The minimum atomic E-state index is -0.102. The van der Waals surface area contributed by atoms with Crippen LogP contribution in [0.15, 0.2) is 89.9 Å². The fourth-order valence-electron chi connectivity index (χ4n) is 4.38. The number of hydrogen-bond acceptors (Lipinski definition) is 4. The molecule has 1 aliphatic carbocycles. The summed E-state index contributed by atoms with van der Waals surface area (Å²) in [5.41, 5.74) is 9.37. The maximum Gasteiger partial charge on any atom is 0.229 e. The highest BCUT2D eigenvalue weighted by molar-refractivity contribution is 5.96. The first kappa shape index (κ1) is 25.2. The predicted molar refractivity (Wildman–Crippen MR) is 147 cm³/mol. The van der Waals surface area contributed by atoms with Gasteiger partial charge in [-0.15, -0.1) is 5.73 Å². The first-order chi connectivity index (χ1) is 17.4. The van der Waals surface area contributed by atoms with Crippen LogP contribution < -0.4 is 10.2 Å². The Labute approximate surface area is 213 Å². The first-order valence-corrected chi connectivity index (χ1v) is 12.5. The maximum atomic E-state index is 12.6. The summed E-state index contributed by atoms with van der Waals surface area (Å²) in [5.74, 6) is 0.703. The second-order valence-corrected chi connectivity index (χ2v) is 9.59. The first-order valence-electron chi connectivity index (χ1n) is 12.5. The van der Waals surface area contributed by atoms with Crippen LogP contribution in [-0.2, 0) is 16.0 Å². The van der Waals surface area contributed by atoms with Gasteiger partial charge in [-0.2, -0.15) is 0 Å². The molecule has 0 spiro atoms. The van der Waals surface area contributed by atoms with E-state index in [0.29, 0.717) is 5.82 Å². The maximum absolute atomic E-state index is 12.6. The van der Waals surface area contributed by atoms with Gasteiger partial charge in [0.25, 0.3) is 0 Å². The van der Waals surface area contributed by atoms with Crippen molar-refractivity contribution in [1.82, 2.24) is 4.98 Å². The number of allylic oxidation sites excluding steroid dienone is 5. The van der Waals surface area contributed by atoms with E-state index in [1.165, 1.54) is 0 Å². The Morgan fingerprint density at radius 1 is 1.11 bits per heavy atom. The fraction of sp³-hybridized carbons (Fsp3) is 0.290. The molecule has 4 rings (SSSR count). The molecule has 0 atom stereocenters. The fourth-order valence-corrected chi connectivity index (χ4v) is 4.38. The number of benzene rings is 1. The molecule has 2 aliphatic rings. The van der Waals surface area contributed by atoms with Gasteiger partial charge in [0.15, 0.2) is 5.78 Å². The molecule has 0 fully saturated rings. The lowest BCUT2D eigenvalue weighted by Crippen LogP contribution is -2.25. The van der Waals surface area contributed by atoms with Gasteiger partial charge in [0, 0.05) is 19.0 Å². The van der Waals surface area contributed by atoms with Crippen LogP contribution in [-0.4, -0.2) is 29.8 Å². The Bertz CT molecular complexity index is 1270. The van der Waals surface area contributed by atoms with Crippen molar-refractivity contribution in [2.75, 3.05) is 23.3 Å². The van der Waals surface area contributed by atoms with Crippen molar-refractivity contribution in [3.63, 3.8) is 0 Å². The van der Waals surface area contributed by atoms with E-state index in [0.717, 1.165) is 59.5 Å². The Hall–Kier alpha value is -3.95. The number of nitrogens with one attached hydrogen (secondary N) is 1. The highest BCUT2D eigenvalue weighted by Gasteiger charge is 2.18. The summed E-state index contributed by atoms with van der Waals surface area (Å²) in [4.78, 5) is 31.6. The van der Waals surface area contributed by atoms with Crippen LogP contribution in [0.5, 0.6) is 0 Å². The van der Waals surface area contributed by atoms with E-state index in [1.54, 1.807) is 6.20 Å². The molecule has 184 valence electrons. The summed E-state index contributed by atoms with van der Waals surface area (Å²) in [7, 11) is 0. The summed E-state index contributed by atoms with van der Waals surface area (Å²) in [5, 5.41) is 2.90. The van der Waals surface area contributed by atoms with E-state index in [2.05, 4.69) is 40.0 Å². The Balaban J connectivity index is 1.31. The summed E-state index contributed by atoms with van der Waals surface area (Å²) >= 11 is 0. The van der Waals surface area contributed by atoms with Crippen molar-refractivity contribution >= 4 is 28.8 Å². The van der Waals surface area contributed by atoms with E-state index in [1.807, 2.05) is 68.5 Å². The van der Waals surface area contributed by atoms with Crippen LogP contribution in [0.25, 0.3) is 5.57 Å². The second kappa shape index (κ2) is 11.7. The van der Waals surface area contributed by atoms with E-state index < -0.39 is 0 Å². The largest absolute Gasteiger partial charge is 0.370 e. The molecule has 5 nitrogen and oxygen atoms in total. The molecule has 1 aromatic heterocycles. The molecule has 0 saturated carbocycles. The van der Waals surface area contributed by atoms with Gasteiger partial charge in [0.05, 0.1) is 18.3 Å². The topological polar surface area (TPSA) is 62.3 Å². The molecule has 1 aliphatic heterocycles. The SMILES string of the molecule is CC1=CC(c2ccc(CC(=O)Nc3ccc(N4CCC=C(C(=O)C(C)C)CC4)cn3)cc2)=CC=C=C1. The number of aromatic nitrogens is 1. The number of carbonyl (C=O) groups excluding carboxylic acids is 2. The van der Waals surface area contributed by atoms with Crippen molar-refractivity contribution in [3.05, 3.63) is 101 Å². The van der Waals surface area contributed by atoms with Gasteiger partial charge in [0.1, 0.15) is 5.82 Å². The minimum Gasteiger partial charge on any atom is -0.370 e. The van der Waals surface area contributed by atoms with Crippen molar-refractivity contribution in [1.29, 1.82) is 0 Å². The molecule has 2 aromatic rings. The number of nitrogens with zero attached hydrogens (tertiary/aromatic N) is 2. The molecule has 0 saturated heterocycles. The highest BCUT2D eigenvalue weighted by atomic mass is 16.1. The zero-order valence-corrected chi connectivity index (χ0v) is 21.3. The van der Waals surface area contributed by atoms with Gasteiger partial charge in [0.2, 0.25) is 5.91 Å². The lowest BCUT2D eigenvalue weighted by atomic mass is 9.98. The number of pyridine rings is 1. The van der Waals surface area contributed by atoms with Gasteiger partial charge >= 0.3 is 0 Å². The lowest BCUT2D eigenvalue weighted by molar-refractivity contribution is -0.118. The number of rotatable bonds is 7. The Morgan fingerprint density at radius 2 is 1.92 bits per heavy atom. The third kappa shape index (κ3) is 6.59. The van der Waals surface area contributed by atoms with Gasteiger partial charge in [-0.05, 0) is 78.0 Å². The van der Waals surface area contributed by atoms with Crippen molar-refractivity contribution in [3.8, 4) is 0 Å². The number of hydrogen-bond donors (Lipinski definition) is 1. The average Bonchev–Trinajstić information content (AvgIpc) is 3.25. The zero-order chi connectivity index (χ0) is 25.5. The van der Waals surface area contributed by atoms with Crippen LogP contribution in [0, 0.1) is 5.92 Å². The Kier molecular flexibility index (Phi) is 8.14. The van der Waals surface area contributed by atoms with Crippen molar-refractivity contribution in [2.45, 2.75) is 40.0 Å². The Morgan fingerprint density at radius 3 is 2.64 bits per heavy atom. The van der Waals surface area contributed by atoms with Crippen LogP contribution in [0.1, 0.15) is 44.7 Å². The van der Waals surface area contributed by atoms with E-state index in [-0.39, 0.29) is 24.0 Å². The number of amides is 1. The molecule has 1 aromatic carbocycles. The number of carbonyl (C=O) groups is 2.